The van der Waals surface area contributed by atoms with E-state index in [0.717, 1.165) is 60.4 Å². The Hall–Kier alpha value is -0.600. The molecule has 4 fully saturated rings. The van der Waals surface area contributed by atoms with Gasteiger partial charge in [0.05, 0.1) is 0 Å². The van der Waals surface area contributed by atoms with Crippen LogP contribution in [0.25, 0.3) is 0 Å². The van der Waals surface area contributed by atoms with E-state index in [0.29, 0.717) is 21.7 Å². The summed E-state index contributed by atoms with van der Waals surface area (Å²) in [6.45, 7) is 25.1. The van der Waals surface area contributed by atoms with E-state index >= 15 is 0 Å². The topological polar surface area (TPSA) is 29.3 Å². The lowest BCUT2D eigenvalue weighted by Gasteiger charge is -2.62. The summed E-state index contributed by atoms with van der Waals surface area (Å²) in [7, 11) is 0. The second kappa shape index (κ2) is 12.5. The molecule has 2 nitrogen and oxygen atoms in total. The highest BCUT2D eigenvalue weighted by molar-refractivity contribution is 5.24. The van der Waals surface area contributed by atoms with Crippen molar-refractivity contribution in [1.29, 1.82) is 0 Å². The molecule has 44 heavy (non-hydrogen) atoms. The predicted octanol–water partition coefficient (Wildman–Crippen LogP) is 10.7. The van der Waals surface area contributed by atoms with Gasteiger partial charge < -0.3 is 10.6 Å². The van der Waals surface area contributed by atoms with Gasteiger partial charge in [0.1, 0.15) is 0 Å². The van der Waals surface area contributed by atoms with E-state index in [2.05, 4.69) is 72.4 Å². The first kappa shape index (κ1) is 33.3. The lowest BCUT2D eigenvalue weighted by molar-refractivity contribution is -0.0941. The summed E-state index contributed by atoms with van der Waals surface area (Å²) in [5, 5.41) is 0. The standard InChI is InChI=1S/C42H72N2/c1-29(2)31-11-15-35-33(25-31)13-17-37-39(5,19-9-21-41(35,37)7)27-44(24-23-43)28-40(6)20-10-22-42(8)36-16-12-32(30(3)4)26-34(36)14-18-38(40)42/h13-14,29-32,35-38H,9-12,15-28,43H2,1-8H3/t31?,32?,35-,36-,37?,38?,39-,40-,41-,42-/m1/s1. The second-order valence-corrected chi connectivity index (χ2v) is 19.3. The summed E-state index contributed by atoms with van der Waals surface area (Å²) in [6.07, 6.45) is 25.3. The van der Waals surface area contributed by atoms with E-state index in [-0.39, 0.29) is 0 Å². The number of nitrogens with two attached hydrogens (primary N) is 1. The van der Waals surface area contributed by atoms with Gasteiger partial charge in [0.15, 0.2) is 0 Å². The maximum Gasteiger partial charge on any atom is 0.0105 e. The van der Waals surface area contributed by atoms with E-state index in [1.807, 2.05) is 11.1 Å². The minimum atomic E-state index is 0.391. The van der Waals surface area contributed by atoms with Crippen molar-refractivity contribution in [3.05, 3.63) is 23.3 Å². The van der Waals surface area contributed by atoms with Crippen molar-refractivity contribution in [1.82, 2.24) is 4.90 Å². The van der Waals surface area contributed by atoms with Gasteiger partial charge in [0.25, 0.3) is 0 Å². The Bertz CT molecular complexity index is 1000. The van der Waals surface area contributed by atoms with Crippen molar-refractivity contribution in [3.63, 3.8) is 0 Å². The highest BCUT2D eigenvalue weighted by Gasteiger charge is 2.57. The Morgan fingerprint density at radius 2 is 1.11 bits per heavy atom. The van der Waals surface area contributed by atoms with Crippen molar-refractivity contribution < 1.29 is 0 Å². The van der Waals surface area contributed by atoms with Gasteiger partial charge >= 0.3 is 0 Å². The number of rotatable bonds is 8. The van der Waals surface area contributed by atoms with Gasteiger partial charge in [-0.1, -0.05) is 91.5 Å². The minimum absolute atomic E-state index is 0.391. The summed E-state index contributed by atoms with van der Waals surface area (Å²) < 4.78 is 0. The molecule has 250 valence electrons. The zero-order chi connectivity index (χ0) is 31.5. The van der Waals surface area contributed by atoms with Crippen LogP contribution in [0.3, 0.4) is 0 Å². The van der Waals surface area contributed by atoms with Crippen LogP contribution in [0.2, 0.25) is 0 Å². The fraction of sp³-hybridized carbons (Fsp3) is 0.905. The molecule has 6 rings (SSSR count). The molecule has 2 heteroatoms. The largest absolute Gasteiger partial charge is 0.329 e. The molecule has 0 bridgehead atoms. The average Bonchev–Trinajstić information content (AvgIpc) is 2.96. The summed E-state index contributed by atoms with van der Waals surface area (Å²) in [5.74, 6) is 6.77. The Kier molecular flexibility index (Phi) is 9.42. The SMILES string of the molecule is CC(C)C1CC[C@@H]2C(=CCC3[C@@](C)(CN(CCN)C[C@@]4(C)CCC[C@@]5(C)C4CC=C4CC(C(C)C)CC[C@H]45)CCC[C@@]32C)C1. The third-order valence-electron chi connectivity index (χ3n) is 16.1. The number of hydrogen-bond donors (Lipinski definition) is 1. The molecule has 0 aromatic carbocycles. The normalized spacial score (nSPS) is 45.7. The van der Waals surface area contributed by atoms with E-state index < -0.39 is 0 Å². The third-order valence-corrected chi connectivity index (χ3v) is 16.1. The lowest BCUT2D eigenvalue weighted by atomic mass is 9.45. The van der Waals surface area contributed by atoms with Crippen LogP contribution < -0.4 is 5.73 Å². The number of hydrogen-bond acceptors (Lipinski definition) is 2. The molecule has 0 aromatic rings. The van der Waals surface area contributed by atoms with Crippen LogP contribution in [0.5, 0.6) is 0 Å². The van der Waals surface area contributed by atoms with Gasteiger partial charge in [-0.25, -0.2) is 0 Å². The smallest absolute Gasteiger partial charge is 0.0105 e. The molecular weight excluding hydrogens is 532 g/mol. The minimum Gasteiger partial charge on any atom is -0.329 e. The molecule has 10 atom stereocenters. The number of allylic oxidation sites excluding steroid dienone is 4. The van der Waals surface area contributed by atoms with E-state index in [1.165, 1.54) is 103 Å². The quantitative estimate of drug-likeness (QED) is 0.279. The monoisotopic (exact) mass is 605 g/mol. The van der Waals surface area contributed by atoms with Gasteiger partial charge in [-0.3, -0.25) is 0 Å². The van der Waals surface area contributed by atoms with E-state index in [4.69, 9.17) is 5.73 Å². The van der Waals surface area contributed by atoms with Gasteiger partial charge in [-0.15, -0.1) is 0 Å². The summed E-state index contributed by atoms with van der Waals surface area (Å²) in [5.41, 5.74) is 11.9. The molecule has 2 N–H and O–H groups in total. The van der Waals surface area contributed by atoms with Crippen molar-refractivity contribution in [3.8, 4) is 0 Å². The zero-order valence-electron chi connectivity index (χ0n) is 30.5. The fourth-order valence-corrected chi connectivity index (χ4v) is 13.6. The summed E-state index contributed by atoms with van der Waals surface area (Å²) in [6, 6.07) is 0. The highest BCUT2D eigenvalue weighted by Crippen LogP contribution is 2.65. The van der Waals surface area contributed by atoms with E-state index in [1.54, 1.807) is 0 Å². The van der Waals surface area contributed by atoms with Crippen LogP contribution >= 0.6 is 0 Å². The maximum atomic E-state index is 6.43. The molecular formula is C42H72N2. The first-order valence-corrected chi connectivity index (χ1v) is 19.6. The van der Waals surface area contributed by atoms with Crippen molar-refractivity contribution in [2.75, 3.05) is 26.2 Å². The molecule has 0 aromatic heterocycles. The van der Waals surface area contributed by atoms with Crippen LogP contribution in [0, 0.1) is 69.0 Å². The van der Waals surface area contributed by atoms with Crippen LogP contribution in [-0.2, 0) is 0 Å². The summed E-state index contributed by atoms with van der Waals surface area (Å²) >= 11 is 0. The average molecular weight is 605 g/mol. The molecule has 4 saturated carbocycles. The molecule has 0 saturated heterocycles. The molecule has 0 amide bonds. The molecule has 0 aliphatic heterocycles. The van der Waals surface area contributed by atoms with Crippen LogP contribution in [0.1, 0.15) is 145 Å². The molecule has 0 spiro atoms. The van der Waals surface area contributed by atoms with Crippen LogP contribution in [0.15, 0.2) is 23.3 Å². The van der Waals surface area contributed by atoms with Crippen LogP contribution in [0.4, 0.5) is 0 Å². The number of nitrogens with zero attached hydrogens (tertiary/aromatic N) is 1. The Balaban J connectivity index is 1.21. The predicted molar refractivity (Wildman–Crippen MR) is 189 cm³/mol. The third kappa shape index (κ3) is 5.75. The zero-order valence-corrected chi connectivity index (χ0v) is 30.5. The highest BCUT2D eigenvalue weighted by atomic mass is 15.1. The van der Waals surface area contributed by atoms with Gasteiger partial charge in [-0.05, 0) is 146 Å². The Morgan fingerprint density at radius 3 is 1.50 bits per heavy atom. The first-order valence-electron chi connectivity index (χ1n) is 19.6. The van der Waals surface area contributed by atoms with Crippen molar-refractivity contribution in [2.45, 2.75) is 145 Å². The molecule has 0 heterocycles. The van der Waals surface area contributed by atoms with Gasteiger partial charge in [-0.2, -0.15) is 0 Å². The van der Waals surface area contributed by atoms with E-state index in [9.17, 15) is 0 Å². The Morgan fingerprint density at radius 1 is 0.682 bits per heavy atom. The Labute approximate surface area is 273 Å². The van der Waals surface area contributed by atoms with Gasteiger partial charge in [0, 0.05) is 26.2 Å². The molecule has 4 unspecified atom stereocenters. The fourth-order valence-electron chi connectivity index (χ4n) is 13.6. The van der Waals surface area contributed by atoms with Gasteiger partial charge in [0.2, 0.25) is 0 Å². The lowest BCUT2D eigenvalue weighted by Crippen LogP contribution is -2.57. The first-order chi connectivity index (χ1) is 20.8. The van der Waals surface area contributed by atoms with Crippen molar-refractivity contribution >= 4 is 0 Å². The molecule has 6 aliphatic rings. The molecule has 0 radical (unpaired) electrons. The number of fused-ring (bicyclic) bond motifs is 6. The summed E-state index contributed by atoms with van der Waals surface area (Å²) in [4.78, 5) is 2.92. The maximum absolute atomic E-state index is 6.43. The molecule has 6 aliphatic carbocycles. The second-order valence-electron chi connectivity index (χ2n) is 19.3. The van der Waals surface area contributed by atoms with Crippen molar-refractivity contribution in [2.24, 2.45) is 74.7 Å². The van der Waals surface area contributed by atoms with Crippen LogP contribution in [-0.4, -0.2) is 31.1 Å².